The van der Waals surface area contributed by atoms with Gasteiger partial charge >= 0.3 is 60.8 Å². The number of hydrogen-bond acceptors (Lipinski definition) is 8. The van der Waals surface area contributed by atoms with Gasteiger partial charge < -0.3 is 44.1 Å². The summed E-state index contributed by atoms with van der Waals surface area (Å²) in [5, 5.41) is 4.06. The van der Waals surface area contributed by atoms with E-state index in [9.17, 15) is 97.0 Å². The van der Waals surface area contributed by atoms with Crippen molar-refractivity contribution in [3.8, 4) is 0 Å². The second kappa shape index (κ2) is 18.5. The number of ether oxygens (including phenoxy) is 5. The van der Waals surface area contributed by atoms with Gasteiger partial charge in [-0.2, -0.15) is 92.2 Å². The van der Waals surface area contributed by atoms with E-state index >= 15 is 0 Å². The van der Waals surface area contributed by atoms with E-state index in [4.69, 9.17) is 4.74 Å². The molecule has 0 aliphatic rings. The molecule has 31 heteroatoms. The highest BCUT2D eigenvalue weighted by molar-refractivity contribution is 5.73. The number of carbonyl (C=O) groups is 1. The van der Waals surface area contributed by atoms with Crippen molar-refractivity contribution in [1.82, 2.24) is 20.4 Å². The van der Waals surface area contributed by atoms with E-state index in [-0.39, 0.29) is 12.0 Å². The highest BCUT2D eigenvalue weighted by Gasteiger charge is 2.77. The number of carbonyl (C=O) groups excluding carboxylic acids is 1. The molecule has 0 spiro atoms. The highest BCUT2D eigenvalue weighted by Crippen LogP contribution is 2.50. The van der Waals surface area contributed by atoms with E-state index in [2.05, 4.69) is 30.8 Å². The number of nitrogens with one attached hydrogen (secondary N) is 2. The van der Waals surface area contributed by atoms with Crippen LogP contribution >= 0.6 is 0 Å². The molecule has 0 aromatic heterocycles. The number of halogens is 21. The molecule has 0 fully saturated rings. The average Bonchev–Trinajstić information content (AvgIpc) is 2.98. The van der Waals surface area contributed by atoms with Gasteiger partial charge in [-0.1, -0.05) is 6.58 Å². The van der Waals surface area contributed by atoms with Gasteiger partial charge in [0.2, 0.25) is 0 Å². The Balaban J connectivity index is 5.17. The first-order valence-electron chi connectivity index (χ1n) is 14.0. The molecule has 4 atom stereocenters. The predicted octanol–water partition coefficient (Wildman–Crippen LogP) is 6.40. The summed E-state index contributed by atoms with van der Waals surface area (Å²) in [7, 11) is 0.953. The van der Waals surface area contributed by atoms with Gasteiger partial charge in [0.05, 0.1) is 32.1 Å². The fourth-order valence-corrected chi connectivity index (χ4v) is 3.40. The van der Waals surface area contributed by atoms with Gasteiger partial charge in [0, 0.05) is 34.3 Å². The van der Waals surface area contributed by atoms with Crippen molar-refractivity contribution >= 4 is 6.03 Å². The number of amides is 2. The monoisotopic (exact) mass is 868 g/mol. The molecule has 0 aliphatic heterocycles. The number of urea groups is 1. The number of hydrogen-bond donors (Lipinski definition) is 2. The summed E-state index contributed by atoms with van der Waals surface area (Å²) < 4.78 is 294. The second-order valence-corrected chi connectivity index (χ2v) is 10.6. The highest BCUT2D eigenvalue weighted by atomic mass is 19.4. The van der Waals surface area contributed by atoms with Crippen molar-refractivity contribution < 1.29 is 121 Å². The van der Waals surface area contributed by atoms with Crippen molar-refractivity contribution in [2.75, 3.05) is 67.2 Å². The van der Waals surface area contributed by atoms with E-state index in [1.165, 1.54) is 0 Å². The zero-order valence-corrected chi connectivity index (χ0v) is 27.6. The Hall–Kier alpha value is -3.06. The third-order valence-electron chi connectivity index (χ3n) is 6.29. The van der Waals surface area contributed by atoms with Gasteiger partial charge in [-0.15, -0.1) is 0 Å². The smallest absolute Gasteiger partial charge is 0.378 e. The first-order chi connectivity index (χ1) is 24.3. The van der Waals surface area contributed by atoms with E-state index in [0.29, 0.717) is 11.9 Å². The Kier molecular flexibility index (Phi) is 17.4. The summed E-state index contributed by atoms with van der Waals surface area (Å²) in [6.45, 7) is -6.07. The third kappa shape index (κ3) is 14.8. The lowest BCUT2D eigenvalue weighted by Gasteiger charge is -2.37. The first kappa shape index (κ1) is 51.9. The average molecular weight is 868 g/mol. The summed E-state index contributed by atoms with van der Waals surface area (Å²) >= 11 is 0. The predicted molar refractivity (Wildman–Crippen MR) is 137 cm³/mol. The molecule has 2 N–H and O–H groups in total. The first-order valence-corrected chi connectivity index (χ1v) is 14.0. The molecule has 4 unspecified atom stereocenters. The maximum Gasteiger partial charge on any atom is 0.457 e. The number of alkyl halides is 21. The standard InChI is InChI=1S/C24H29F21N4O6/c1-12(48(2)9-13(17(28,29)30)54-23(42,43)19(34,51-4)21(36,37)38)46-5-7-52-8-6-47-15(50)49(3)10-14(18(31,32)33)55-24(44,45)20(35,22(39,40)41)53-11-16(25,26)27/h13-14,46H,1,5-11H2,2-4H3,(H,47,50). The van der Waals surface area contributed by atoms with E-state index in [1.54, 1.807) is 5.32 Å². The molecule has 0 radical (unpaired) electrons. The van der Waals surface area contributed by atoms with Gasteiger partial charge in [0.25, 0.3) is 0 Å². The Morgan fingerprint density at radius 2 is 1.00 bits per heavy atom. The summed E-state index contributed by atoms with van der Waals surface area (Å²) in [5.41, 5.74) is 0. The molecule has 2 amide bonds. The van der Waals surface area contributed by atoms with Crippen LogP contribution in [0.25, 0.3) is 0 Å². The lowest BCUT2D eigenvalue weighted by atomic mass is 10.2. The molecule has 0 heterocycles. The number of likely N-dealkylation sites (N-methyl/N-ethyl adjacent to an activating group) is 2. The SMILES string of the molecule is C=C(NCCOCCNC(=O)N(C)CC(OC(F)(F)C(F)(OCC(F)(F)F)C(F)(F)F)C(F)(F)F)N(C)CC(OC(F)(F)C(F)(OC)C(F)(F)F)C(F)(F)F. The summed E-state index contributed by atoms with van der Waals surface area (Å²) in [5.74, 6) is -13.3. The molecule has 55 heavy (non-hydrogen) atoms. The molecular weight excluding hydrogens is 839 g/mol. The van der Waals surface area contributed by atoms with Crippen molar-refractivity contribution in [2.45, 2.75) is 67.0 Å². The fourth-order valence-electron chi connectivity index (χ4n) is 3.40. The normalized spacial score (nSPS) is 17.2. The molecule has 0 aromatic rings. The largest absolute Gasteiger partial charge is 0.457 e. The van der Waals surface area contributed by atoms with E-state index in [0.717, 1.165) is 7.05 Å². The molecule has 0 rings (SSSR count). The van der Waals surface area contributed by atoms with Crippen molar-refractivity contribution in [1.29, 1.82) is 0 Å². The van der Waals surface area contributed by atoms with Crippen molar-refractivity contribution in [3.05, 3.63) is 12.4 Å². The van der Waals surface area contributed by atoms with Crippen LogP contribution in [-0.4, -0.2) is 150 Å². The number of methoxy groups -OCH3 is 1. The Morgan fingerprint density at radius 3 is 1.36 bits per heavy atom. The number of rotatable bonds is 21. The minimum Gasteiger partial charge on any atom is -0.378 e. The Labute approximate surface area is 294 Å². The van der Waals surface area contributed by atoms with E-state index in [1.807, 2.05) is 0 Å². The maximum atomic E-state index is 14.1. The van der Waals surface area contributed by atoms with Crippen LogP contribution in [0.15, 0.2) is 12.4 Å². The van der Waals surface area contributed by atoms with Gasteiger partial charge in [-0.3, -0.25) is 0 Å². The van der Waals surface area contributed by atoms with E-state index < -0.39 is 125 Å². The fraction of sp³-hybridized carbons (Fsp3) is 0.875. The molecule has 10 nitrogen and oxygen atoms in total. The van der Waals surface area contributed by atoms with Crippen molar-refractivity contribution in [2.24, 2.45) is 0 Å². The molecule has 0 bridgehead atoms. The molecule has 0 saturated heterocycles. The minimum absolute atomic E-state index is 0.139. The van der Waals surface area contributed by atoms with Crippen LogP contribution in [-0.2, 0) is 23.7 Å². The van der Waals surface area contributed by atoms with Crippen molar-refractivity contribution in [3.63, 3.8) is 0 Å². The van der Waals surface area contributed by atoms with Gasteiger partial charge in [0.1, 0.15) is 6.61 Å². The van der Waals surface area contributed by atoms with Crippen LogP contribution in [0.5, 0.6) is 0 Å². The van der Waals surface area contributed by atoms with Gasteiger partial charge in [0.15, 0.2) is 12.2 Å². The minimum atomic E-state index is -7.09. The quantitative estimate of drug-likeness (QED) is 0.101. The van der Waals surface area contributed by atoms with Crippen LogP contribution in [0, 0.1) is 0 Å². The van der Waals surface area contributed by atoms with Crippen LogP contribution < -0.4 is 10.6 Å². The molecule has 328 valence electrons. The Morgan fingerprint density at radius 1 is 0.618 bits per heavy atom. The summed E-state index contributed by atoms with van der Waals surface area (Å²) in [6.07, 6.45) is -52.4. The van der Waals surface area contributed by atoms with Crippen LogP contribution in [0.1, 0.15) is 0 Å². The van der Waals surface area contributed by atoms with Gasteiger partial charge in [-0.05, 0) is 0 Å². The lowest BCUT2D eigenvalue weighted by molar-refractivity contribution is -0.480. The molecular formula is C24H29F21N4O6. The van der Waals surface area contributed by atoms with Crippen LogP contribution in [0.3, 0.4) is 0 Å². The zero-order chi connectivity index (χ0) is 43.9. The van der Waals surface area contributed by atoms with Crippen LogP contribution in [0.4, 0.5) is 97.0 Å². The zero-order valence-electron chi connectivity index (χ0n) is 27.6. The molecule has 0 saturated carbocycles. The second-order valence-electron chi connectivity index (χ2n) is 10.6. The topological polar surface area (TPSA) is 93.8 Å². The number of nitrogens with zero attached hydrogens (tertiary/aromatic N) is 2. The summed E-state index contributed by atoms with van der Waals surface area (Å²) in [6, 6.07) is -1.61. The summed E-state index contributed by atoms with van der Waals surface area (Å²) in [4.78, 5) is 12.3. The molecule has 0 aromatic carbocycles. The lowest BCUT2D eigenvalue weighted by Crippen LogP contribution is -2.62. The van der Waals surface area contributed by atoms with Crippen LogP contribution in [0.2, 0.25) is 0 Å². The maximum absolute atomic E-state index is 14.1. The van der Waals surface area contributed by atoms with Gasteiger partial charge in [-0.25, -0.2) is 4.79 Å². The third-order valence-corrected chi connectivity index (χ3v) is 6.29. The Bertz CT molecular complexity index is 1230. The molecule has 0 aliphatic carbocycles.